The number of halogens is 3. The second-order valence-electron chi connectivity index (χ2n) is 10.8. The molecule has 0 bridgehead atoms. The lowest BCUT2D eigenvalue weighted by molar-refractivity contribution is 0.167. The van der Waals surface area contributed by atoms with E-state index in [4.69, 9.17) is 51.4 Å². The first-order valence-electron chi connectivity index (χ1n) is 14.4. The molecule has 4 heterocycles. The molecule has 0 saturated carbocycles. The van der Waals surface area contributed by atoms with Crippen LogP contribution in [-0.4, -0.2) is 46.4 Å². The highest BCUT2D eigenvalue weighted by atomic mass is 127. The Bertz CT molecular complexity index is 1810. The standard InChI is InChI=1S/C15H16I2N4O3.C15H17IN4O3/c1-6(2)8-11(24-7-5-20-15(19)21-14(7)18)9(16)10(17)13-12(8)22-3-4-23-13;1-7(2)11-12(23-10-6-19-15(18)20-14(10)17)8(16)5-9-13(11)22-4-3-21-9/h5-6H,3-4H2,1-2H3,(H4,18,19,20,21);5-7H,3-4H2,1-2H3,(H4,17,18,19,20). The van der Waals surface area contributed by atoms with Crippen molar-refractivity contribution < 1.29 is 28.4 Å². The van der Waals surface area contributed by atoms with Crippen LogP contribution in [0.1, 0.15) is 50.7 Å². The Morgan fingerprint density at radius 3 is 1.64 bits per heavy atom. The van der Waals surface area contributed by atoms with E-state index in [-0.39, 0.29) is 35.4 Å². The van der Waals surface area contributed by atoms with Gasteiger partial charge in [0.25, 0.3) is 0 Å². The maximum Gasteiger partial charge on any atom is 0.222 e. The van der Waals surface area contributed by atoms with Gasteiger partial charge in [0.1, 0.15) is 37.9 Å². The normalized spacial score (nSPS) is 13.2. The number of hydrogen-bond donors (Lipinski definition) is 4. The molecule has 2 aromatic heterocycles. The van der Waals surface area contributed by atoms with Crippen LogP contribution in [0, 0.1) is 10.7 Å². The monoisotopic (exact) mass is 982 g/mol. The lowest BCUT2D eigenvalue weighted by Crippen LogP contribution is -2.19. The average molecular weight is 982 g/mol. The second-order valence-corrected chi connectivity index (χ2v) is 14.1. The minimum atomic E-state index is 0.107. The van der Waals surface area contributed by atoms with E-state index in [9.17, 15) is 0 Å². The predicted molar refractivity (Wildman–Crippen MR) is 203 cm³/mol. The number of nitrogen functional groups attached to an aromatic ring is 4. The molecule has 0 fully saturated rings. The third kappa shape index (κ3) is 7.60. The molecule has 0 spiro atoms. The number of nitrogens with two attached hydrogens (primary N) is 4. The summed E-state index contributed by atoms with van der Waals surface area (Å²) in [5, 5.41) is 0. The Morgan fingerprint density at radius 1 is 0.638 bits per heavy atom. The van der Waals surface area contributed by atoms with E-state index in [1.807, 2.05) is 6.07 Å². The molecular formula is C30H33I3N8O6. The molecule has 47 heavy (non-hydrogen) atoms. The van der Waals surface area contributed by atoms with Crippen molar-refractivity contribution in [2.45, 2.75) is 39.5 Å². The minimum absolute atomic E-state index is 0.107. The highest BCUT2D eigenvalue weighted by Crippen LogP contribution is 2.51. The molecule has 0 unspecified atom stereocenters. The van der Waals surface area contributed by atoms with Gasteiger partial charge in [0.15, 0.2) is 46.1 Å². The van der Waals surface area contributed by atoms with Crippen LogP contribution in [-0.2, 0) is 0 Å². The predicted octanol–water partition coefficient (Wildman–Crippen LogP) is 6.47. The van der Waals surface area contributed by atoms with Gasteiger partial charge in [-0.05, 0) is 79.6 Å². The highest BCUT2D eigenvalue weighted by molar-refractivity contribution is 14.1. The zero-order valence-electron chi connectivity index (χ0n) is 25.9. The van der Waals surface area contributed by atoms with Crippen molar-refractivity contribution in [2.24, 2.45) is 0 Å². The molecule has 2 aliphatic heterocycles. The van der Waals surface area contributed by atoms with E-state index in [1.165, 1.54) is 12.4 Å². The summed E-state index contributed by atoms with van der Waals surface area (Å²) in [5.74, 6) is 5.95. The molecule has 0 saturated heterocycles. The van der Waals surface area contributed by atoms with Gasteiger partial charge in [-0.25, -0.2) is 9.97 Å². The van der Waals surface area contributed by atoms with E-state index in [2.05, 4.69) is 115 Å². The van der Waals surface area contributed by atoms with Crippen molar-refractivity contribution in [3.8, 4) is 46.0 Å². The van der Waals surface area contributed by atoms with Crippen molar-refractivity contribution in [3.63, 3.8) is 0 Å². The summed E-state index contributed by atoms with van der Waals surface area (Å²) in [4.78, 5) is 15.7. The van der Waals surface area contributed by atoms with Gasteiger partial charge in [-0.1, -0.05) is 27.7 Å². The van der Waals surface area contributed by atoms with Gasteiger partial charge in [-0.2, -0.15) is 9.97 Å². The summed E-state index contributed by atoms with van der Waals surface area (Å²) in [6, 6.07) is 1.89. The van der Waals surface area contributed by atoms with Gasteiger partial charge < -0.3 is 51.4 Å². The number of hydrogen-bond acceptors (Lipinski definition) is 14. The fourth-order valence-electron chi connectivity index (χ4n) is 4.79. The summed E-state index contributed by atoms with van der Waals surface area (Å²) in [7, 11) is 0. The van der Waals surface area contributed by atoms with Crippen LogP contribution in [0.3, 0.4) is 0 Å². The molecule has 0 radical (unpaired) electrons. The number of ether oxygens (including phenoxy) is 6. The lowest BCUT2D eigenvalue weighted by Gasteiger charge is -2.27. The Morgan fingerprint density at radius 2 is 1.11 bits per heavy atom. The molecule has 2 aliphatic rings. The van der Waals surface area contributed by atoms with E-state index in [1.54, 1.807) is 0 Å². The first kappa shape index (κ1) is 35.1. The second kappa shape index (κ2) is 14.9. The van der Waals surface area contributed by atoms with Crippen LogP contribution in [0.4, 0.5) is 23.5 Å². The van der Waals surface area contributed by atoms with Gasteiger partial charge in [-0.15, -0.1) is 0 Å². The summed E-state index contributed by atoms with van der Waals surface area (Å²) < 4.78 is 38.0. The number of benzene rings is 2. The van der Waals surface area contributed by atoms with Crippen LogP contribution in [0.15, 0.2) is 18.5 Å². The molecule has 0 atom stereocenters. The number of aromatic nitrogens is 4. The quantitative estimate of drug-likeness (QED) is 0.153. The number of nitrogens with zero attached hydrogens (tertiary/aromatic N) is 4. The largest absolute Gasteiger partial charge is 0.486 e. The lowest BCUT2D eigenvalue weighted by atomic mass is 10.00. The Labute approximate surface area is 312 Å². The van der Waals surface area contributed by atoms with E-state index < -0.39 is 0 Å². The van der Waals surface area contributed by atoms with Crippen LogP contribution >= 0.6 is 67.8 Å². The fraction of sp³-hybridized carbons (Fsp3) is 0.333. The topological polar surface area (TPSA) is 211 Å². The fourth-order valence-corrected chi connectivity index (χ4v) is 6.77. The summed E-state index contributed by atoms with van der Waals surface area (Å²) in [6.07, 6.45) is 2.94. The van der Waals surface area contributed by atoms with E-state index >= 15 is 0 Å². The molecule has 17 heteroatoms. The average Bonchev–Trinajstić information content (AvgIpc) is 3.02. The van der Waals surface area contributed by atoms with Crippen molar-refractivity contribution in [1.82, 2.24) is 19.9 Å². The minimum Gasteiger partial charge on any atom is -0.486 e. The Kier molecular flexibility index (Phi) is 11.1. The Hall–Kier alpha value is -3.21. The molecule has 0 aliphatic carbocycles. The highest BCUT2D eigenvalue weighted by Gasteiger charge is 2.30. The van der Waals surface area contributed by atoms with E-state index in [0.717, 1.165) is 44.8 Å². The summed E-state index contributed by atoms with van der Waals surface area (Å²) in [6.45, 7) is 10.4. The van der Waals surface area contributed by atoms with Gasteiger partial charge >= 0.3 is 0 Å². The zero-order valence-corrected chi connectivity index (χ0v) is 32.4. The van der Waals surface area contributed by atoms with Crippen molar-refractivity contribution >= 4 is 91.3 Å². The Balaban J connectivity index is 0.000000185. The third-order valence-electron chi connectivity index (χ3n) is 6.82. The molecule has 6 rings (SSSR count). The SMILES string of the molecule is CC(C)c1c(Oc2cnc(N)nc2N)c(I)c(I)c2c1OCCO2.CC(C)c1c(Oc2cnc(N)nc2N)c(I)cc2c1OCCO2. The van der Waals surface area contributed by atoms with E-state index in [0.29, 0.717) is 49.4 Å². The van der Waals surface area contributed by atoms with Gasteiger partial charge in [-0.3, -0.25) is 0 Å². The van der Waals surface area contributed by atoms with Gasteiger partial charge in [0.2, 0.25) is 11.9 Å². The summed E-state index contributed by atoms with van der Waals surface area (Å²) >= 11 is 6.68. The molecule has 14 nitrogen and oxygen atoms in total. The van der Waals surface area contributed by atoms with Gasteiger partial charge in [0.05, 0.1) is 23.1 Å². The van der Waals surface area contributed by atoms with Crippen LogP contribution in [0.25, 0.3) is 0 Å². The zero-order chi connectivity index (χ0) is 34.0. The van der Waals surface area contributed by atoms with Crippen LogP contribution in [0.2, 0.25) is 0 Å². The third-order valence-corrected chi connectivity index (χ3v) is 10.7. The molecule has 2 aromatic carbocycles. The summed E-state index contributed by atoms with van der Waals surface area (Å²) in [5.41, 5.74) is 24.7. The number of rotatable bonds is 6. The molecule has 4 aromatic rings. The molecule has 0 amide bonds. The number of anilines is 4. The van der Waals surface area contributed by atoms with Crippen LogP contribution < -0.4 is 51.4 Å². The molecule has 250 valence electrons. The first-order valence-corrected chi connectivity index (χ1v) is 17.6. The van der Waals surface area contributed by atoms with Crippen molar-refractivity contribution in [2.75, 3.05) is 49.4 Å². The van der Waals surface area contributed by atoms with Crippen molar-refractivity contribution in [3.05, 3.63) is 40.3 Å². The maximum absolute atomic E-state index is 6.08. The maximum atomic E-state index is 6.08. The molecular weight excluding hydrogens is 949 g/mol. The first-order chi connectivity index (χ1) is 22.4. The van der Waals surface area contributed by atoms with Crippen molar-refractivity contribution in [1.29, 1.82) is 0 Å². The van der Waals surface area contributed by atoms with Gasteiger partial charge in [0, 0.05) is 17.2 Å². The molecule has 8 N–H and O–H groups in total. The smallest absolute Gasteiger partial charge is 0.222 e. The number of fused-ring (bicyclic) bond motifs is 2. The van der Waals surface area contributed by atoms with Crippen LogP contribution in [0.5, 0.6) is 46.0 Å².